The van der Waals surface area contributed by atoms with Gasteiger partial charge in [-0.05, 0) is 25.0 Å². The molecule has 0 spiro atoms. The number of aryl methyl sites for hydroxylation is 1. The van der Waals surface area contributed by atoms with E-state index in [2.05, 4.69) is 50.3 Å². The van der Waals surface area contributed by atoms with Crippen LogP contribution in [0.4, 0.5) is 0 Å². The van der Waals surface area contributed by atoms with Crippen LogP contribution in [-0.2, 0) is 18.3 Å². The zero-order chi connectivity index (χ0) is 20.1. The number of benzene rings is 1. The van der Waals surface area contributed by atoms with Crippen LogP contribution in [0.5, 0.6) is 0 Å². The van der Waals surface area contributed by atoms with Crippen molar-refractivity contribution in [3.8, 4) is 0 Å². The number of hydrogen-bond acceptors (Lipinski definition) is 4. The second-order valence-corrected chi connectivity index (χ2v) is 8.24. The first-order valence-corrected chi connectivity index (χ1v) is 10.9. The fourth-order valence-corrected chi connectivity index (χ4v) is 4.84. The number of nitrogens with zero attached hydrogens (tertiary/aromatic N) is 4. The Balaban J connectivity index is 1.39. The Morgan fingerprint density at radius 2 is 1.90 bits per heavy atom. The van der Waals surface area contributed by atoms with Gasteiger partial charge in [-0.25, -0.2) is 4.98 Å². The van der Waals surface area contributed by atoms with Gasteiger partial charge in [0.05, 0.1) is 30.8 Å². The van der Waals surface area contributed by atoms with E-state index in [9.17, 15) is 0 Å². The third kappa shape index (κ3) is 4.41. The van der Waals surface area contributed by atoms with E-state index in [1.165, 1.54) is 32.1 Å². The van der Waals surface area contributed by atoms with E-state index in [1.54, 1.807) is 0 Å². The molecule has 1 saturated carbocycles. The summed E-state index contributed by atoms with van der Waals surface area (Å²) in [6.45, 7) is 5.34. The molecule has 0 unspecified atom stereocenters. The van der Waals surface area contributed by atoms with E-state index >= 15 is 0 Å². The molecule has 2 N–H and O–H groups in total. The van der Waals surface area contributed by atoms with Gasteiger partial charge < -0.3 is 19.9 Å². The van der Waals surface area contributed by atoms with Crippen molar-refractivity contribution in [3.63, 3.8) is 0 Å². The standard InChI is InChI=1S/C22H34N6O/c1-23-21(24-16-20-26-18-8-4-5-9-19(18)27(20)2)25-17-22(10-6-3-7-11-22)28-12-14-29-15-13-28/h4-5,8-9H,3,6-7,10-17H2,1-2H3,(H2,23,24,25). The number of aliphatic imine (C=N–C) groups is 1. The molecule has 0 bridgehead atoms. The van der Waals surface area contributed by atoms with E-state index in [4.69, 9.17) is 9.72 Å². The van der Waals surface area contributed by atoms with Gasteiger partial charge in [0.15, 0.2) is 5.96 Å². The van der Waals surface area contributed by atoms with E-state index in [1.807, 2.05) is 13.1 Å². The predicted molar refractivity (Wildman–Crippen MR) is 117 cm³/mol. The molecule has 1 saturated heterocycles. The summed E-state index contributed by atoms with van der Waals surface area (Å²) >= 11 is 0. The van der Waals surface area contributed by atoms with Crippen molar-refractivity contribution < 1.29 is 4.74 Å². The lowest BCUT2D eigenvalue weighted by molar-refractivity contribution is -0.0352. The zero-order valence-corrected chi connectivity index (χ0v) is 17.8. The van der Waals surface area contributed by atoms with Crippen molar-refractivity contribution in [3.05, 3.63) is 30.1 Å². The van der Waals surface area contributed by atoms with Crippen LogP contribution in [0.2, 0.25) is 0 Å². The Morgan fingerprint density at radius 3 is 2.62 bits per heavy atom. The maximum Gasteiger partial charge on any atom is 0.191 e. The van der Waals surface area contributed by atoms with Gasteiger partial charge in [-0.2, -0.15) is 0 Å². The van der Waals surface area contributed by atoms with E-state index in [-0.39, 0.29) is 5.54 Å². The number of rotatable bonds is 5. The predicted octanol–water partition coefficient (Wildman–Crippen LogP) is 2.27. The lowest BCUT2D eigenvalue weighted by Crippen LogP contribution is -2.60. The average molecular weight is 399 g/mol. The number of guanidine groups is 1. The number of aromatic nitrogens is 2. The molecule has 2 fully saturated rings. The minimum Gasteiger partial charge on any atom is -0.379 e. The summed E-state index contributed by atoms with van der Waals surface area (Å²) < 4.78 is 7.74. The third-order valence-corrected chi connectivity index (χ3v) is 6.57. The molecule has 7 heteroatoms. The second-order valence-electron chi connectivity index (χ2n) is 8.24. The number of fused-ring (bicyclic) bond motifs is 1. The lowest BCUT2D eigenvalue weighted by atomic mass is 9.80. The van der Waals surface area contributed by atoms with Gasteiger partial charge in [0.1, 0.15) is 5.82 Å². The van der Waals surface area contributed by atoms with Crippen LogP contribution in [0, 0.1) is 0 Å². The fraction of sp³-hybridized carbons (Fsp3) is 0.636. The molecule has 0 radical (unpaired) electrons. The number of ether oxygens (including phenoxy) is 1. The molecule has 2 aliphatic rings. The molecular weight excluding hydrogens is 364 g/mol. The molecule has 1 aliphatic heterocycles. The summed E-state index contributed by atoms with van der Waals surface area (Å²) in [5, 5.41) is 7.08. The summed E-state index contributed by atoms with van der Waals surface area (Å²) in [7, 11) is 3.91. The number of imidazole rings is 1. The highest BCUT2D eigenvalue weighted by molar-refractivity contribution is 5.80. The molecule has 1 aromatic carbocycles. The Labute approximate surface area is 173 Å². The van der Waals surface area contributed by atoms with Crippen molar-refractivity contribution >= 4 is 17.0 Å². The fourth-order valence-electron chi connectivity index (χ4n) is 4.84. The van der Waals surface area contributed by atoms with Crippen LogP contribution in [0.1, 0.15) is 37.9 Å². The first-order chi connectivity index (χ1) is 14.2. The van der Waals surface area contributed by atoms with Gasteiger partial charge in [-0.15, -0.1) is 0 Å². The summed E-state index contributed by atoms with van der Waals surface area (Å²) in [5.41, 5.74) is 2.40. The molecule has 0 amide bonds. The van der Waals surface area contributed by atoms with Crippen LogP contribution in [0.3, 0.4) is 0 Å². The summed E-state index contributed by atoms with van der Waals surface area (Å²) in [5.74, 6) is 1.85. The smallest absolute Gasteiger partial charge is 0.191 e. The SMILES string of the molecule is CN=C(NCc1nc2ccccc2n1C)NCC1(N2CCOCC2)CCCCC1. The Kier molecular flexibility index (Phi) is 6.35. The zero-order valence-electron chi connectivity index (χ0n) is 17.8. The number of morpholine rings is 1. The first-order valence-electron chi connectivity index (χ1n) is 10.9. The molecule has 7 nitrogen and oxygen atoms in total. The monoisotopic (exact) mass is 398 g/mol. The number of hydrogen-bond donors (Lipinski definition) is 2. The van der Waals surface area contributed by atoms with Crippen molar-refractivity contribution in [2.75, 3.05) is 39.9 Å². The van der Waals surface area contributed by atoms with Gasteiger partial charge in [-0.3, -0.25) is 9.89 Å². The van der Waals surface area contributed by atoms with Crippen LogP contribution >= 0.6 is 0 Å². The molecular formula is C22H34N6O. The van der Waals surface area contributed by atoms with E-state index in [0.717, 1.165) is 55.7 Å². The third-order valence-electron chi connectivity index (χ3n) is 6.57. The van der Waals surface area contributed by atoms with Crippen LogP contribution in [0.25, 0.3) is 11.0 Å². The van der Waals surface area contributed by atoms with Crippen LogP contribution in [-0.4, -0.2) is 65.8 Å². The maximum atomic E-state index is 5.60. The summed E-state index contributed by atoms with van der Waals surface area (Å²) in [4.78, 5) is 11.9. The topological polar surface area (TPSA) is 66.7 Å². The summed E-state index contributed by atoms with van der Waals surface area (Å²) in [6, 6.07) is 8.24. The molecule has 2 aromatic rings. The molecule has 0 atom stereocenters. The van der Waals surface area contributed by atoms with Gasteiger partial charge in [-0.1, -0.05) is 31.4 Å². The normalized spacial score (nSPS) is 20.7. The molecule has 158 valence electrons. The Morgan fingerprint density at radius 1 is 1.14 bits per heavy atom. The highest BCUT2D eigenvalue weighted by atomic mass is 16.5. The van der Waals surface area contributed by atoms with Gasteiger partial charge in [0.25, 0.3) is 0 Å². The van der Waals surface area contributed by atoms with Crippen LogP contribution in [0.15, 0.2) is 29.3 Å². The van der Waals surface area contributed by atoms with Crippen molar-refractivity contribution in [2.45, 2.75) is 44.2 Å². The molecule has 4 rings (SSSR count). The van der Waals surface area contributed by atoms with E-state index in [0.29, 0.717) is 6.54 Å². The average Bonchev–Trinajstić information content (AvgIpc) is 3.11. The quantitative estimate of drug-likeness (QED) is 0.597. The molecule has 1 aliphatic carbocycles. The highest BCUT2D eigenvalue weighted by Gasteiger charge is 2.38. The van der Waals surface area contributed by atoms with Crippen LogP contribution < -0.4 is 10.6 Å². The highest BCUT2D eigenvalue weighted by Crippen LogP contribution is 2.33. The van der Waals surface area contributed by atoms with Gasteiger partial charge >= 0.3 is 0 Å². The lowest BCUT2D eigenvalue weighted by Gasteiger charge is -2.48. The van der Waals surface area contributed by atoms with Gasteiger partial charge in [0.2, 0.25) is 0 Å². The van der Waals surface area contributed by atoms with Crippen molar-refractivity contribution in [1.29, 1.82) is 0 Å². The molecule has 29 heavy (non-hydrogen) atoms. The minimum atomic E-state index is 0.220. The van der Waals surface area contributed by atoms with Gasteiger partial charge in [0, 0.05) is 39.3 Å². The van der Waals surface area contributed by atoms with Crippen molar-refractivity contribution in [1.82, 2.24) is 25.1 Å². The number of para-hydroxylation sites is 2. The maximum absolute atomic E-state index is 5.60. The summed E-state index contributed by atoms with van der Waals surface area (Å²) in [6.07, 6.45) is 6.48. The number of nitrogens with one attached hydrogen (secondary N) is 2. The molecule has 1 aromatic heterocycles. The first kappa shape index (κ1) is 20.2. The molecule has 2 heterocycles. The Hall–Kier alpha value is -2.12. The largest absolute Gasteiger partial charge is 0.379 e. The van der Waals surface area contributed by atoms with E-state index < -0.39 is 0 Å². The van der Waals surface area contributed by atoms with Crippen molar-refractivity contribution in [2.24, 2.45) is 12.0 Å². The second kappa shape index (κ2) is 9.13. The Bertz CT molecular complexity index is 833. The minimum absolute atomic E-state index is 0.220.